The van der Waals surface area contributed by atoms with E-state index in [1.807, 2.05) is 12.2 Å². The molecule has 0 radical (unpaired) electrons. The van der Waals surface area contributed by atoms with Crippen molar-refractivity contribution in [1.29, 1.82) is 0 Å². The Morgan fingerprint density at radius 3 is 1.40 bits per heavy atom. The number of benzene rings is 4. The summed E-state index contributed by atoms with van der Waals surface area (Å²) in [6.07, 6.45) is 10.0. The molecule has 0 saturated heterocycles. The monoisotopic (exact) mass is 572 g/mol. The number of allylic oxidation sites excluding steroid dienone is 4. The number of rotatable bonds is 2. The number of fused-ring (bicyclic) bond motifs is 3. The van der Waals surface area contributed by atoms with E-state index in [0.29, 0.717) is 0 Å². The van der Waals surface area contributed by atoms with Crippen LogP contribution in [0.4, 0.5) is 8.78 Å². The summed E-state index contributed by atoms with van der Waals surface area (Å²) in [5.41, 5.74) is 0.197. The second kappa shape index (κ2) is 17.3. The Labute approximate surface area is 242 Å². The largest absolute Gasteiger partial charge is 0.126 e. The fourth-order valence-corrected chi connectivity index (χ4v) is 3.43. The fourth-order valence-electron chi connectivity index (χ4n) is 3.43. The predicted molar refractivity (Wildman–Crippen MR) is 152 cm³/mol. The number of carboxylic acid groups (broad SMARTS) is 2. The van der Waals surface area contributed by atoms with Gasteiger partial charge in [-0.2, -0.15) is 6.08 Å². The van der Waals surface area contributed by atoms with Crippen molar-refractivity contribution in [2.24, 2.45) is 0 Å². The van der Waals surface area contributed by atoms with Crippen molar-refractivity contribution >= 4 is 38.3 Å². The van der Waals surface area contributed by atoms with E-state index in [2.05, 4.69) is 71.6 Å². The Morgan fingerprint density at radius 1 is 0.700 bits per heavy atom. The van der Waals surface area contributed by atoms with Gasteiger partial charge in [0.15, 0.2) is 0 Å². The second-order valence-corrected chi connectivity index (χ2v) is 7.95. The van der Waals surface area contributed by atoms with Crippen molar-refractivity contribution in [3.8, 4) is 0 Å². The Bertz CT molecular complexity index is 1450. The van der Waals surface area contributed by atoms with Crippen molar-refractivity contribution < 1.29 is 48.6 Å². The molecule has 4 nitrogen and oxygen atoms in total. The molecule has 0 unspecified atom stereocenters. The molecule has 40 heavy (non-hydrogen) atoms. The summed E-state index contributed by atoms with van der Waals surface area (Å²) in [6, 6.07) is 28.6. The van der Waals surface area contributed by atoms with Gasteiger partial charge in [-0.15, -0.1) is 46.2 Å². The molecule has 0 bridgehead atoms. The molecule has 0 spiro atoms. The van der Waals surface area contributed by atoms with Gasteiger partial charge < -0.3 is 10.2 Å². The minimum absolute atomic E-state index is 0.0985. The third-order valence-electron chi connectivity index (χ3n) is 5.29. The molecule has 0 fully saturated rings. The number of aromatic carboxylic acids is 2. The summed E-state index contributed by atoms with van der Waals surface area (Å²) in [4.78, 5) is 23.6. The van der Waals surface area contributed by atoms with Crippen LogP contribution in [0.25, 0.3) is 21.5 Å². The van der Waals surface area contributed by atoms with E-state index in [9.17, 15) is 18.4 Å². The van der Waals surface area contributed by atoms with Crippen LogP contribution in [0, 0.1) is 17.7 Å². The van der Waals surface area contributed by atoms with Gasteiger partial charge in [0, 0.05) is 0 Å². The van der Waals surface area contributed by atoms with Crippen LogP contribution in [0.3, 0.4) is 0 Å². The molecule has 5 aromatic carbocycles. The van der Waals surface area contributed by atoms with Gasteiger partial charge in [-0.05, 0) is 48.5 Å². The third-order valence-corrected chi connectivity index (χ3v) is 5.29. The predicted octanol–water partition coefficient (Wildman–Crippen LogP) is 8.03. The Balaban J connectivity index is 0.000000190. The standard InChI is InChI=1S/C13H9.2C7H5FO2.C5H5.CH2.Ti/c1-3-7-12-10(5-1)9-11-6-2-4-8-13(11)12;2*8-6-3-1-5(2-4-6)7(9)10;1-2-4-5-3-1;;/h1-9H;2*1-4H,(H,9,10);1-3H,4H2;1H2;/q-1;;;-1;;+2. The molecule has 2 N–H and O–H groups in total. The van der Waals surface area contributed by atoms with E-state index >= 15 is 0 Å². The zero-order valence-corrected chi connectivity index (χ0v) is 23.0. The van der Waals surface area contributed by atoms with E-state index in [0.717, 1.165) is 30.7 Å². The molecule has 200 valence electrons. The summed E-state index contributed by atoms with van der Waals surface area (Å²) in [5, 5.41) is 22.1. The van der Waals surface area contributed by atoms with Crippen LogP contribution in [-0.2, 0) is 20.0 Å². The molecule has 0 heterocycles. The van der Waals surface area contributed by atoms with Gasteiger partial charge in [-0.1, -0.05) is 36.4 Å². The van der Waals surface area contributed by atoms with Gasteiger partial charge in [-0.25, -0.2) is 30.5 Å². The maximum absolute atomic E-state index is 12.2. The minimum Gasteiger partial charge on any atom is -0.126 e. The molecular weight excluding hydrogens is 546 g/mol. The van der Waals surface area contributed by atoms with Crippen LogP contribution >= 0.6 is 0 Å². The fraction of sp³-hybridized carbons (Fsp3) is 0.0303. The summed E-state index contributed by atoms with van der Waals surface area (Å²) in [6.45, 7) is 0. The maximum Gasteiger partial charge on any atom is -0.0771 e. The molecule has 7 heteroatoms. The zero-order chi connectivity index (χ0) is 29.3. The number of hydrogen-bond acceptors (Lipinski definition) is 2. The van der Waals surface area contributed by atoms with Crippen LogP contribution < -0.4 is 0 Å². The minimum atomic E-state index is -1.04. The summed E-state index contributed by atoms with van der Waals surface area (Å²) < 4.78 is 24.3. The molecule has 0 amide bonds. The van der Waals surface area contributed by atoms with Gasteiger partial charge in [0.05, 0.1) is 11.1 Å². The molecule has 0 saturated carbocycles. The van der Waals surface area contributed by atoms with Gasteiger partial charge in [0.25, 0.3) is 0 Å². The maximum atomic E-state index is 12.2. The van der Waals surface area contributed by atoms with Gasteiger partial charge >= 0.3 is 36.7 Å². The average molecular weight is 572 g/mol. The molecule has 0 atom stereocenters. The molecule has 0 aromatic heterocycles. The summed E-state index contributed by atoms with van der Waals surface area (Å²) >= 11 is 1.75. The van der Waals surface area contributed by atoms with E-state index in [-0.39, 0.29) is 11.1 Å². The van der Waals surface area contributed by atoms with E-state index in [4.69, 9.17) is 10.2 Å². The van der Waals surface area contributed by atoms with Crippen LogP contribution in [0.1, 0.15) is 27.1 Å². The van der Waals surface area contributed by atoms with Gasteiger partial charge in [0.2, 0.25) is 0 Å². The number of carbonyl (C=O) groups is 2. The van der Waals surface area contributed by atoms with Crippen LogP contribution in [0.15, 0.2) is 121 Å². The topological polar surface area (TPSA) is 74.6 Å². The Hall–Kier alpha value is -4.39. The first-order chi connectivity index (χ1) is 19.3. The summed E-state index contributed by atoms with van der Waals surface area (Å²) in [5.74, 6) is -2.94. The van der Waals surface area contributed by atoms with Crippen molar-refractivity contribution in [3.05, 3.63) is 150 Å². The average Bonchev–Trinajstić information content (AvgIpc) is 3.68. The number of carboxylic acids is 2. The van der Waals surface area contributed by atoms with Crippen molar-refractivity contribution in [1.82, 2.24) is 0 Å². The quantitative estimate of drug-likeness (QED) is 0.166. The van der Waals surface area contributed by atoms with Crippen molar-refractivity contribution in [2.45, 2.75) is 6.42 Å². The zero-order valence-electron chi connectivity index (χ0n) is 21.4. The first-order valence-corrected chi connectivity index (χ1v) is 13.0. The van der Waals surface area contributed by atoms with Crippen LogP contribution in [0.5, 0.6) is 0 Å². The molecule has 1 aliphatic carbocycles. The molecule has 0 aliphatic heterocycles. The Morgan fingerprint density at radius 2 is 1.10 bits per heavy atom. The van der Waals surface area contributed by atoms with Gasteiger partial charge in [0.1, 0.15) is 11.6 Å². The SMILES string of the molecule is O=C(O)c1ccc(F)cc1.O=C(O)c1ccc(F)cc1.[C-]1=CC=CC1.[CH2]=[Ti+2].c1ccc2c(c1)[cH-]c1ccccc12. The van der Waals surface area contributed by atoms with Crippen LogP contribution in [-0.4, -0.2) is 27.0 Å². The summed E-state index contributed by atoms with van der Waals surface area (Å²) in [7, 11) is 0. The molecular formula is C33H26F2O4Ti. The molecule has 6 rings (SSSR count). The normalized spacial score (nSPS) is 10.6. The number of halogens is 2. The Kier molecular flexibility index (Phi) is 13.7. The first-order valence-electron chi connectivity index (χ1n) is 11.9. The first kappa shape index (κ1) is 31.8. The van der Waals surface area contributed by atoms with E-state index < -0.39 is 23.6 Å². The van der Waals surface area contributed by atoms with E-state index in [1.54, 1.807) is 20.0 Å². The third kappa shape index (κ3) is 10.4. The van der Waals surface area contributed by atoms with Crippen LogP contribution in [0.2, 0.25) is 0 Å². The molecule has 1 aliphatic rings. The number of hydrogen-bond donors (Lipinski definition) is 2. The smallest absolute Gasteiger partial charge is 0.0771 e. The van der Waals surface area contributed by atoms with Gasteiger partial charge in [-0.3, -0.25) is 6.08 Å². The molecule has 5 aromatic rings. The van der Waals surface area contributed by atoms with E-state index in [1.165, 1.54) is 45.8 Å². The van der Waals surface area contributed by atoms with Crippen molar-refractivity contribution in [2.75, 3.05) is 0 Å². The second-order valence-electron chi connectivity index (χ2n) is 7.95. The van der Waals surface area contributed by atoms with Crippen molar-refractivity contribution in [3.63, 3.8) is 0 Å².